The molecule has 0 aliphatic carbocycles. The Morgan fingerprint density at radius 3 is 2.40 bits per heavy atom. The molecule has 4 nitrogen and oxygen atoms in total. The van der Waals surface area contributed by atoms with Crippen LogP contribution >= 0.6 is 24.2 Å². The van der Waals surface area contributed by atoms with Crippen LogP contribution in [0.5, 0.6) is 5.75 Å². The summed E-state index contributed by atoms with van der Waals surface area (Å²) < 4.78 is 5.10. The number of carbonyl (C=O) groups excluding carboxylic acids is 1. The van der Waals surface area contributed by atoms with E-state index in [1.54, 1.807) is 7.11 Å². The van der Waals surface area contributed by atoms with Crippen LogP contribution in [0.25, 0.3) is 0 Å². The minimum absolute atomic E-state index is 0. The lowest BCUT2D eigenvalue weighted by Crippen LogP contribution is -2.46. The van der Waals surface area contributed by atoms with Crippen LogP contribution in [0.4, 0.5) is 0 Å². The van der Waals surface area contributed by atoms with Crippen LogP contribution in [0, 0.1) is 0 Å². The number of rotatable bonds is 6. The molecule has 0 aliphatic rings. The highest BCUT2D eigenvalue weighted by molar-refractivity contribution is 8.00. The van der Waals surface area contributed by atoms with Crippen molar-refractivity contribution >= 4 is 30.1 Å². The zero-order valence-corrected chi connectivity index (χ0v) is 13.9. The number of thioether (sulfide) groups is 1. The van der Waals surface area contributed by atoms with Crippen molar-refractivity contribution in [3.63, 3.8) is 0 Å². The van der Waals surface area contributed by atoms with Crippen molar-refractivity contribution in [2.75, 3.05) is 13.7 Å². The van der Waals surface area contributed by atoms with Crippen molar-refractivity contribution in [2.45, 2.75) is 36.5 Å². The summed E-state index contributed by atoms with van der Waals surface area (Å²) in [6.45, 7) is 6.12. The van der Waals surface area contributed by atoms with Crippen LogP contribution in [-0.2, 0) is 4.79 Å². The summed E-state index contributed by atoms with van der Waals surface area (Å²) in [5.41, 5.74) is 5.44. The lowest BCUT2D eigenvalue weighted by Gasteiger charge is -2.20. The van der Waals surface area contributed by atoms with E-state index in [1.165, 1.54) is 11.8 Å². The molecule has 1 aromatic carbocycles. The smallest absolute Gasteiger partial charge is 0.233 e. The van der Waals surface area contributed by atoms with Gasteiger partial charge in [-0.25, -0.2) is 0 Å². The molecule has 0 heterocycles. The molecule has 1 rings (SSSR count). The standard InChI is InChI=1S/C14H22N2O2S.ClH/c1-10(13(17)16-9-14(2,3)15)19-12-7-5-11(18-4)6-8-12;/h5-8,10H,9,15H2,1-4H3,(H,16,17);1H. The fourth-order valence-corrected chi connectivity index (χ4v) is 2.26. The molecule has 3 N–H and O–H groups in total. The van der Waals surface area contributed by atoms with Gasteiger partial charge in [-0.05, 0) is 45.0 Å². The Labute approximate surface area is 131 Å². The first-order valence-corrected chi connectivity index (χ1v) is 7.07. The molecule has 0 radical (unpaired) electrons. The van der Waals surface area contributed by atoms with Gasteiger partial charge in [0.15, 0.2) is 0 Å². The van der Waals surface area contributed by atoms with Crippen LogP contribution in [0.1, 0.15) is 20.8 Å². The van der Waals surface area contributed by atoms with Crippen LogP contribution in [0.3, 0.4) is 0 Å². The average Bonchev–Trinajstić information content (AvgIpc) is 2.36. The summed E-state index contributed by atoms with van der Waals surface area (Å²) >= 11 is 1.51. The van der Waals surface area contributed by atoms with Gasteiger partial charge < -0.3 is 15.8 Å². The molecule has 1 unspecified atom stereocenters. The molecule has 0 aliphatic heterocycles. The number of methoxy groups -OCH3 is 1. The maximum Gasteiger partial charge on any atom is 0.233 e. The van der Waals surface area contributed by atoms with E-state index in [0.717, 1.165) is 10.6 Å². The number of amides is 1. The molecule has 0 bridgehead atoms. The lowest BCUT2D eigenvalue weighted by atomic mass is 10.1. The summed E-state index contributed by atoms with van der Waals surface area (Å²) in [5.74, 6) is 0.811. The second-order valence-electron chi connectivity index (χ2n) is 5.14. The van der Waals surface area contributed by atoms with Crippen molar-refractivity contribution in [2.24, 2.45) is 5.73 Å². The van der Waals surface area contributed by atoms with Gasteiger partial charge in [-0.1, -0.05) is 0 Å². The van der Waals surface area contributed by atoms with E-state index in [1.807, 2.05) is 45.0 Å². The fourth-order valence-electron chi connectivity index (χ4n) is 1.37. The molecule has 6 heteroatoms. The van der Waals surface area contributed by atoms with Crippen molar-refractivity contribution in [3.8, 4) is 5.75 Å². The number of hydrogen-bond donors (Lipinski definition) is 2. The summed E-state index contributed by atoms with van der Waals surface area (Å²) in [4.78, 5) is 12.9. The van der Waals surface area contributed by atoms with Crippen LogP contribution in [0.2, 0.25) is 0 Å². The Bertz CT molecular complexity index is 418. The molecule has 20 heavy (non-hydrogen) atoms. The van der Waals surface area contributed by atoms with Crippen molar-refractivity contribution in [1.82, 2.24) is 5.32 Å². The summed E-state index contributed by atoms with van der Waals surface area (Å²) in [5, 5.41) is 2.70. The Balaban J connectivity index is 0.00000361. The van der Waals surface area contributed by atoms with E-state index >= 15 is 0 Å². The van der Waals surface area contributed by atoms with Gasteiger partial charge in [0.2, 0.25) is 5.91 Å². The summed E-state index contributed by atoms with van der Waals surface area (Å²) in [6, 6.07) is 7.66. The molecule has 114 valence electrons. The summed E-state index contributed by atoms with van der Waals surface area (Å²) in [6.07, 6.45) is 0. The first-order chi connectivity index (χ1) is 8.81. The van der Waals surface area contributed by atoms with E-state index in [-0.39, 0.29) is 29.1 Å². The molecular formula is C14H23ClN2O2S. The Hall–Kier alpha value is -0.910. The van der Waals surface area contributed by atoms with E-state index in [0.29, 0.717) is 6.54 Å². The third kappa shape index (κ3) is 7.03. The molecule has 1 aromatic rings. The van der Waals surface area contributed by atoms with Gasteiger partial charge in [0, 0.05) is 17.0 Å². The van der Waals surface area contributed by atoms with Gasteiger partial charge >= 0.3 is 0 Å². The lowest BCUT2D eigenvalue weighted by molar-refractivity contribution is -0.120. The highest BCUT2D eigenvalue weighted by atomic mass is 35.5. The number of halogens is 1. The predicted molar refractivity (Wildman–Crippen MR) is 86.8 cm³/mol. The van der Waals surface area contributed by atoms with Gasteiger partial charge in [-0.2, -0.15) is 0 Å². The molecule has 0 saturated heterocycles. The van der Waals surface area contributed by atoms with Crippen LogP contribution in [0.15, 0.2) is 29.2 Å². The molecule has 0 spiro atoms. The second kappa shape index (κ2) is 8.39. The first kappa shape index (κ1) is 19.1. The Morgan fingerprint density at radius 1 is 1.40 bits per heavy atom. The maximum absolute atomic E-state index is 11.9. The molecule has 1 amide bonds. The largest absolute Gasteiger partial charge is 0.497 e. The molecule has 0 aromatic heterocycles. The Kier molecular flexibility index (Phi) is 8.01. The quantitative estimate of drug-likeness (QED) is 0.791. The van der Waals surface area contributed by atoms with Crippen LogP contribution < -0.4 is 15.8 Å². The topological polar surface area (TPSA) is 64.3 Å². The predicted octanol–water partition coefficient (Wildman–Crippen LogP) is 2.45. The second-order valence-corrected chi connectivity index (χ2v) is 6.56. The number of hydrogen-bond acceptors (Lipinski definition) is 4. The van der Waals surface area contributed by atoms with E-state index in [2.05, 4.69) is 5.32 Å². The van der Waals surface area contributed by atoms with Gasteiger partial charge in [-0.3, -0.25) is 4.79 Å². The number of ether oxygens (including phenoxy) is 1. The van der Waals surface area contributed by atoms with Crippen LogP contribution in [-0.4, -0.2) is 30.4 Å². The number of carbonyl (C=O) groups is 1. The van der Waals surface area contributed by atoms with Gasteiger partial charge in [0.1, 0.15) is 5.75 Å². The number of nitrogens with two attached hydrogens (primary N) is 1. The van der Waals surface area contributed by atoms with Gasteiger partial charge in [0.05, 0.1) is 12.4 Å². The highest BCUT2D eigenvalue weighted by Crippen LogP contribution is 2.25. The monoisotopic (exact) mass is 318 g/mol. The maximum atomic E-state index is 11.9. The zero-order chi connectivity index (χ0) is 14.5. The third-order valence-corrected chi connectivity index (χ3v) is 3.57. The Morgan fingerprint density at radius 2 is 1.95 bits per heavy atom. The fraction of sp³-hybridized carbons (Fsp3) is 0.500. The molecule has 0 fully saturated rings. The molecule has 1 atom stereocenters. The SMILES string of the molecule is COc1ccc(SC(C)C(=O)NCC(C)(C)N)cc1.Cl. The highest BCUT2D eigenvalue weighted by Gasteiger charge is 2.17. The minimum atomic E-state index is -0.389. The normalized spacial score (nSPS) is 12.2. The van der Waals surface area contributed by atoms with Gasteiger partial charge in [0.25, 0.3) is 0 Å². The van der Waals surface area contributed by atoms with E-state index in [9.17, 15) is 4.79 Å². The molecule has 0 saturated carbocycles. The third-order valence-electron chi connectivity index (χ3n) is 2.46. The minimum Gasteiger partial charge on any atom is -0.497 e. The molecular weight excluding hydrogens is 296 g/mol. The number of benzene rings is 1. The average molecular weight is 319 g/mol. The zero-order valence-electron chi connectivity index (χ0n) is 12.3. The first-order valence-electron chi connectivity index (χ1n) is 6.19. The van der Waals surface area contributed by atoms with E-state index < -0.39 is 0 Å². The summed E-state index contributed by atoms with van der Waals surface area (Å²) in [7, 11) is 1.63. The van der Waals surface area contributed by atoms with Crippen molar-refractivity contribution < 1.29 is 9.53 Å². The van der Waals surface area contributed by atoms with Gasteiger partial charge in [-0.15, -0.1) is 24.2 Å². The van der Waals surface area contributed by atoms with Crippen molar-refractivity contribution in [1.29, 1.82) is 0 Å². The van der Waals surface area contributed by atoms with Crippen molar-refractivity contribution in [3.05, 3.63) is 24.3 Å². The van der Waals surface area contributed by atoms with E-state index in [4.69, 9.17) is 10.5 Å². The number of nitrogens with one attached hydrogen (secondary N) is 1.